The number of rotatable bonds is 7. The van der Waals surface area contributed by atoms with Gasteiger partial charge in [-0.15, -0.1) is 0 Å². The van der Waals surface area contributed by atoms with E-state index >= 15 is 0 Å². The lowest BCUT2D eigenvalue weighted by atomic mass is 10.0. The molecule has 98 valence electrons. The first-order chi connectivity index (χ1) is 8.13. The van der Waals surface area contributed by atoms with Crippen molar-refractivity contribution in [3.63, 3.8) is 0 Å². The number of aryl methyl sites for hydroxylation is 2. The van der Waals surface area contributed by atoms with Gasteiger partial charge in [0.2, 0.25) is 0 Å². The van der Waals surface area contributed by atoms with Crippen molar-refractivity contribution in [2.75, 3.05) is 6.54 Å². The summed E-state index contributed by atoms with van der Waals surface area (Å²) in [5.74, 6) is 0. The van der Waals surface area contributed by atoms with Crippen LogP contribution in [0.2, 0.25) is 0 Å². The van der Waals surface area contributed by atoms with E-state index in [1.807, 2.05) is 0 Å². The van der Waals surface area contributed by atoms with Gasteiger partial charge in [0.05, 0.1) is 11.7 Å². The Morgan fingerprint density at radius 3 is 2.41 bits per heavy atom. The maximum atomic E-state index is 4.64. The second-order valence-corrected chi connectivity index (χ2v) is 4.80. The smallest absolute Gasteiger partial charge is 0.0672 e. The average molecular weight is 237 g/mol. The third-order valence-electron chi connectivity index (χ3n) is 3.31. The molecule has 2 atom stereocenters. The molecule has 1 aromatic rings. The normalized spacial score (nSPS) is 14.9. The second-order valence-electron chi connectivity index (χ2n) is 4.80. The van der Waals surface area contributed by atoms with E-state index < -0.39 is 0 Å². The Morgan fingerprint density at radius 2 is 2.00 bits per heavy atom. The minimum Gasteiger partial charge on any atom is -0.312 e. The van der Waals surface area contributed by atoms with E-state index in [0.29, 0.717) is 12.1 Å². The molecule has 3 heteroatoms. The van der Waals surface area contributed by atoms with Crippen molar-refractivity contribution in [3.05, 3.63) is 17.5 Å². The molecule has 2 unspecified atom stereocenters. The van der Waals surface area contributed by atoms with Crippen LogP contribution >= 0.6 is 0 Å². The summed E-state index contributed by atoms with van der Waals surface area (Å²) in [6.45, 7) is 11.9. The topological polar surface area (TPSA) is 29.9 Å². The lowest BCUT2D eigenvalue weighted by Crippen LogP contribution is -2.38. The molecule has 0 saturated heterocycles. The molecular weight excluding hydrogens is 210 g/mol. The van der Waals surface area contributed by atoms with Crippen molar-refractivity contribution in [2.24, 2.45) is 0 Å². The molecule has 0 aliphatic heterocycles. The quantitative estimate of drug-likeness (QED) is 0.789. The predicted molar refractivity (Wildman–Crippen MR) is 73.4 cm³/mol. The molecule has 0 aromatic carbocycles. The zero-order valence-electron chi connectivity index (χ0n) is 12.0. The first-order valence-corrected chi connectivity index (χ1v) is 6.90. The van der Waals surface area contributed by atoms with Gasteiger partial charge in [-0.1, -0.05) is 27.2 Å². The number of likely N-dealkylation sites (N-methyl/N-ethyl adjacent to an activating group) is 1. The monoisotopic (exact) mass is 237 g/mol. The summed E-state index contributed by atoms with van der Waals surface area (Å²) in [5, 5.41) is 8.25. The van der Waals surface area contributed by atoms with E-state index in [2.05, 4.69) is 55.8 Å². The number of hydrogen-bond donors (Lipinski definition) is 1. The van der Waals surface area contributed by atoms with E-state index in [0.717, 1.165) is 18.7 Å². The van der Waals surface area contributed by atoms with Gasteiger partial charge in [-0.2, -0.15) is 5.10 Å². The van der Waals surface area contributed by atoms with Crippen molar-refractivity contribution < 1.29 is 0 Å². The summed E-state index contributed by atoms with van der Waals surface area (Å²) in [6, 6.07) is 3.18. The van der Waals surface area contributed by atoms with Crippen LogP contribution in [0.4, 0.5) is 0 Å². The van der Waals surface area contributed by atoms with Crippen LogP contribution in [0.5, 0.6) is 0 Å². The van der Waals surface area contributed by atoms with Crippen molar-refractivity contribution in [2.45, 2.75) is 66.0 Å². The summed E-state index contributed by atoms with van der Waals surface area (Å²) in [7, 11) is 0. The minimum atomic E-state index is 0.476. The summed E-state index contributed by atoms with van der Waals surface area (Å²) in [6.07, 6.45) is 3.55. The maximum Gasteiger partial charge on any atom is 0.0672 e. The average Bonchev–Trinajstić information content (AvgIpc) is 2.60. The molecule has 0 aliphatic carbocycles. The molecule has 0 aliphatic rings. The molecule has 1 aromatic heterocycles. The Kier molecular flexibility index (Phi) is 5.69. The number of aromatic nitrogens is 2. The van der Waals surface area contributed by atoms with Gasteiger partial charge in [0.1, 0.15) is 0 Å². The van der Waals surface area contributed by atoms with Crippen molar-refractivity contribution >= 4 is 0 Å². The van der Waals surface area contributed by atoms with E-state index in [9.17, 15) is 0 Å². The molecule has 17 heavy (non-hydrogen) atoms. The Labute approximate surface area is 106 Å². The molecule has 3 nitrogen and oxygen atoms in total. The number of hydrogen-bond acceptors (Lipinski definition) is 2. The highest BCUT2D eigenvalue weighted by Crippen LogP contribution is 2.21. The third kappa shape index (κ3) is 3.56. The molecular formula is C14H27N3. The van der Waals surface area contributed by atoms with Crippen LogP contribution < -0.4 is 5.32 Å². The van der Waals surface area contributed by atoms with E-state index in [4.69, 9.17) is 0 Å². The fourth-order valence-electron chi connectivity index (χ4n) is 2.61. The predicted octanol–water partition coefficient (Wildman–Crippen LogP) is 3.23. The van der Waals surface area contributed by atoms with E-state index in [1.54, 1.807) is 0 Å². The molecule has 1 rings (SSSR count). The van der Waals surface area contributed by atoms with Crippen LogP contribution in [-0.2, 0) is 0 Å². The number of nitrogens with one attached hydrogen (secondary N) is 1. The first-order valence-electron chi connectivity index (χ1n) is 6.90. The molecule has 1 heterocycles. The minimum absolute atomic E-state index is 0.476. The van der Waals surface area contributed by atoms with Crippen LogP contribution in [0.1, 0.15) is 57.5 Å². The summed E-state index contributed by atoms with van der Waals surface area (Å²) >= 11 is 0. The fourth-order valence-corrected chi connectivity index (χ4v) is 2.61. The van der Waals surface area contributed by atoms with Gasteiger partial charge < -0.3 is 5.32 Å². The first kappa shape index (κ1) is 14.2. The Bertz CT molecular complexity index is 324. The van der Waals surface area contributed by atoms with Crippen LogP contribution in [0.3, 0.4) is 0 Å². The molecule has 0 fully saturated rings. The van der Waals surface area contributed by atoms with Crippen molar-refractivity contribution in [1.82, 2.24) is 15.1 Å². The zero-order chi connectivity index (χ0) is 12.8. The Morgan fingerprint density at radius 1 is 1.29 bits per heavy atom. The Balaban J connectivity index is 2.90. The molecule has 0 radical (unpaired) electrons. The highest BCUT2D eigenvalue weighted by molar-refractivity contribution is 5.08. The van der Waals surface area contributed by atoms with Crippen molar-refractivity contribution in [3.8, 4) is 0 Å². The maximum absolute atomic E-state index is 4.64. The SMILES string of the molecule is CCCC(NCC)C(CC)n1nc(C)cc1C. The zero-order valence-corrected chi connectivity index (χ0v) is 12.0. The third-order valence-corrected chi connectivity index (χ3v) is 3.31. The molecule has 0 spiro atoms. The Hall–Kier alpha value is -0.830. The van der Waals surface area contributed by atoms with Gasteiger partial charge in [0.15, 0.2) is 0 Å². The fraction of sp³-hybridized carbons (Fsp3) is 0.786. The molecule has 0 amide bonds. The summed E-state index contributed by atoms with van der Waals surface area (Å²) in [5.41, 5.74) is 2.39. The van der Waals surface area contributed by atoms with E-state index in [1.165, 1.54) is 18.5 Å². The van der Waals surface area contributed by atoms with Gasteiger partial charge in [-0.25, -0.2) is 0 Å². The van der Waals surface area contributed by atoms with Crippen LogP contribution in [0.25, 0.3) is 0 Å². The lowest BCUT2D eigenvalue weighted by molar-refractivity contribution is 0.300. The highest BCUT2D eigenvalue weighted by Gasteiger charge is 2.22. The second kappa shape index (κ2) is 6.80. The van der Waals surface area contributed by atoms with Gasteiger partial charge >= 0.3 is 0 Å². The van der Waals surface area contributed by atoms with Gasteiger partial charge in [-0.3, -0.25) is 4.68 Å². The molecule has 1 N–H and O–H groups in total. The van der Waals surface area contributed by atoms with Gasteiger partial charge in [0.25, 0.3) is 0 Å². The van der Waals surface area contributed by atoms with E-state index in [-0.39, 0.29) is 0 Å². The summed E-state index contributed by atoms with van der Waals surface area (Å²) < 4.78 is 2.21. The van der Waals surface area contributed by atoms with Crippen LogP contribution in [0.15, 0.2) is 6.07 Å². The molecule has 0 saturated carbocycles. The number of nitrogens with zero attached hydrogens (tertiary/aromatic N) is 2. The van der Waals surface area contributed by atoms with Gasteiger partial charge in [0, 0.05) is 11.7 Å². The van der Waals surface area contributed by atoms with Crippen LogP contribution in [-0.4, -0.2) is 22.4 Å². The standard InChI is InChI=1S/C14H27N3/c1-6-9-13(15-8-3)14(7-2)17-12(5)10-11(4)16-17/h10,13-15H,6-9H2,1-5H3. The highest BCUT2D eigenvalue weighted by atomic mass is 15.3. The van der Waals surface area contributed by atoms with Gasteiger partial charge in [-0.05, 0) is 39.3 Å². The lowest BCUT2D eigenvalue weighted by Gasteiger charge is -2.28. The largest absolute Gasteiger partial charge is 0.312 e. The summed E-state index contributed by atoms with van der Waals surface area (Å²) in [4.78, 5) is 0. The van der Waals surface area contributed by atoms with Crippen molar-refractivity contribution in [1.29, 1.82) is 0 Å². The van der Waals surface area contributed by atoms with Crippen LogP contribution in [0, 0.1) is 13.8 Å². The molecule has 0 bridgehead atoms.